The van der Waals surface area contributed by atoms with Crippen molar-refractivity contribution < 1.29 is 9.47 Å². The number of nitrogens with one attached hydrogen (secondary N) is 1. The van der Waals surface area contributed by atoms with E-state index in [9.17, 15) is 0 Å². The molecule has 0 unspecified atom stereocenters. The smallest absolute Gasteiger partial charge is 0.161 e. The van der Waals surface area contributed by atoms with Gasteiger partial charge in [-0.3, -0.25) is 0 Å². The Morgan fingerprint density at radius 1 is 0.905 bits per heavy atom. The molecule has 0 amide bonds. The van der Waals surface area contributed by atoms with Crippen molar-refractivity contribution in [2.45, 2.75) is 26.9 Å². The number of aryl methyl sites for hydroxylation is 1. The minimum absolute atomic E-state index is 0.760. The van der Waals surface area contributed by atoms with E-state index in [2.05, 4.69) is 43.4 Å². The van der Waals surface area contributed by atoms with Gasteiger partial charge in [-0.05, 0) is 48.2 Å². The SMILES string of the molecule is COc1ccc(CNCc2cccc(C)c2C)cc1OC. The molecule has 0 aromatic heterocycles. The van der Waals surface area contributed by atoms with Crippen molar-refractivity contribution in [3.63, 3.8) is 0 Å². The molecule has 0 aliphatic heterocycles. The van der Waals surface area contributed by atoms with Crippen molar-refractivity contribution in [2.75, 3.05) is 14.2 Å². The highest BCUT2D eigenvalue weighted by molar-refractivity contribution is 5.42. The van der Waals surface area contributed by atoms with Gasteiger partial charge in [-0.2, -0.15) is 0 Å². The van der Waals surface area contributed by atoms with E-state index in [0.717, 1.165) is 24.6 Å². The van der Waals surface area contributed by atoms with Crippen LogP contribution >= 0.6 is 0 Å². The van der Waals surface area contributed by atoms with Gasteiger partial charge in [-0.25, -0.2) is 0 Å². The Morgan fingerprint density at radius 2 is 1.67 bits per heavy atom. The summed E-state index contributed by atoms with van der Waals surface area (Å²) in [5, 5.41) is 3.48. The third-order valence-corrected chi connectivity index (χ3v) is 3.81. The molecule has 2 aromatic rings. The monoisotopic (exact) mass is 285 g/mol. The summed E-state index contributed by atoms with van der Waals surface area (Å²) in [5.74, 6) is 1.53. The molecule has 3 nitrogen and oxygen atoms in total. The second-order valence-corrected chi connectivity index (χ2v) is 5.15. The van der Waals surface area contributed by atoms with Crippen LogP contribution in [-0.4, -0.2) is 14.2 Å². The van der Waals surface area contributed by atoms with Crippen LogP contribution in [0.15, 0.2) is 36.4 Å². The summed E-state index contributed by atoms with van der Waals surface area (Å²) in [5.41, 5.74) is 5.21. The van der Waals surface area contributed by atoms with E-state index < -0.39 is 0 Å². The van der Waals surface area contributed by atoms with Crippen molar-refractivity contribution in [3.05, 3.63) is 58.7 Å². The number of hydrogen-bond acceptors (Lipinski definition) is 3. The third kappa shape index (κ3) is 3.76. The van der Waals surface area contributed by atoms with Crippen molar-refractivity contribution >= 4 is 0 Å². The molecule has 0 saturated carbocycles. The van der Waals surface area contributed by atoms with Crippen molar-refractivity contribution in [2.24, 2.45) is 0 Å². The predicted octanol–water partition coefficient (Wildman–Crippen LogP) is 3.61. The fraction of sp³-hybridized carbons (Fsp3) is 0.333. The maximum atomic E-state index is 5.32. The molecule has 0 atom stereocenters. The van der Waals surface area contributed by atoms with E-state index >= 15 is 0 Å². The van der Waals surface area contributed by atoms with Gasteiger partial charge >= 0.3 is 0 Å². The summed E-state index contributed by atoms with van der Waals surface area (Å²) in [7, 11) is 3.31. The first-order chi connectivity index (χ1) is 10.2. The maximum absolute atomic E-state index is 5.32. The molecular formula is C18H23NO2. The Morgan fingerprint density at radius 3 is 2.38 bits per heavy atom. The zero-order valence-electron chi connectivity index (χ0n) is 13.2. The number of ether oxygens (including phenoxy) is 2. The highest BCUT2D eigenvalue weighted by Gasteiger charge is 2.05. The molecule has 21 heavy (non-hydrogen) atoms. The van der Waals surface area contributed by atoms with Crippen LogP contribution in [0.3, 0.4) is 0 Å². The van der Waals surface area contributed by atoms with Crippen molar-refractivity contribution in [1.82, 2.24) is 5.32 Å². The highest BCUT2D eigenvalue weighted by Crippen LogP contribution is 2.27. The second-order valence-electron chi connectivity index (χ2n) is 5.15. The first-order valence-electron chi connectivity index (χ1n) is 7.12. The van der Waals surface area contributed by atoms with Gasteiger partial charge in [0.25, 0.3) is 0 Å². The van der Waals surface area contributed by atoms with E-state index in [-0.39, 0.29) is 0 Å². The maximum Gasteiger partial charge on any atom is 0.161 e. The zero-order chi connectivity index (χ0) is 15.2. The highest BCUT2D eigenvalue weighted by atomic mass is 16.5. The van der Waals surface area contributed by atoms with Gasteiger partial charge in [0, 0.05) is 13.1 Å². The van der Waals surface area contributed by atoms with Crippen molar-refractivity contribution in [3.8, 4) is 11.5 Å². The van der Waals surface area contributed by atoms with Gasteiger partial charge in [0.2, 0.25) is 0 Å². The number of benzene rings is 2. The third-order valence-electron chi connectivity index (χ3n) is 3.81. The summed E-state index contributed by atoms with van der Waals surface area (Å²) in [6.45, 7) is 5.98. The standard InChI is InChI=1S/C18H23NO2/c1-13-6-5-7-16(14(13)2)12-19-11-15-8-9-17(20-3)18(10-15)21-4/h5-10,19H,11-12H2,1-4H3. The van der Waals surface area contributed by atoms with Crippen LogP contribution in [-0.2, 0) is 13.1 Å². The molecule has 0 aliphatic carbocycles. The quantitative estimate of drug-likeness (QED) is 0.879. The van der Waals surface area contributed by atoms with E-state index in [0.29, 0.717) is 0 Å². The number of hydrogen-bond donors (Lipinski definition) is 1. The lowest BCUT2D eigenvalue weighted by Gasteiger charge is -2.12. The molecule has 3 heteroatoms. The second kappa shape index (κ2) is 7.14. The lowest BCUT2D eigenvalue weighted by molar-refractivity contribution is 0.354. The number of methoxy groups -OCH3 is 2. The largest absolute Gasteiger partial charge is 0.493 e. The van der Waals surface area contributed by atoms with Gasteiger partial charge in [-0.1, -0.05) is 24.3 Å². The normalized spacial score (nSPS) is 10.5. The molecular weight excluding hydrogens is 262 g/mol. The minimum atomic E-state index is 0.760. The fourth-order valence-corrected chi connectivity index (χ4v) is 2.34. The summed E-state index contributed by atoms with van der Waals surface area (Å²) < 4.78 is 10.6. The Balaban J connectivity index is 1.99. The topological polar surface area (TPSA) is 30.5 Å². The van der Waals surface area contributed by atoms with Gasteiger partial charge in [0.05, 0.1) is 14.2 Å². The summed E-state index contributed by atoms with van der Waals surface area (Å²) in [6, 6.07) is 12.4. The lowest BCUT2D eigenvalue weighted by Crippen LogP contribution is -2.13. The summed E-state index contributed by atoms with van der Waals surface area (Å²) in [6.07, 6.45) is 0. The lowest BCUT2D eigenvalue weighted by atomic mass is 10.0. The first-order valence-corrected chi connectivity index (χ1v) is 7.12. The molecule has 2 aromatic carbocycles. The predicted molar refractivity (Wildman–Crippen MR) is 86.0 cm³/mol. The average molecular weight is 285 g/mol. The molecule has 112 valence electrons. The van der Waals surface area contributed by atoms with Crippen LogP contribution < -0.4 is 14.8 Å². The zero-order valence-corrected chi connectivity index (χ0v) is 13.2. The van der Waals surface area contributed by atoms with Gasteiger partial charge in [0.1, 0.15) is 0 Å². The van der Waals surface area contributed by atoms with Crippen molar-refractivity contribution in [1.29, 1.82) is 0 Å². The molecule has 1 N–H and O–H groups in total. The fourth-order valence-electron chi connectivity index (χ4n) is 2.34. The van der Waals surface area contributed by atoms with E-state index in [1.807, 2.05) is 12.1 Å². The molecule has 0 spiro atoms. The van der Waals surface area contributed by atoms with Gasteiger partial charge in [0.15, 0.2) is 11.5 Å². The van der Waals surface area contributed by atoms with Gasteiger partial charge < -0.3 is 14.8 Å². The van der Waals surface area contributed by atoms with Crippen LogP contribution in [0.5, 0.6) is 11.5 Å². The van der Waals surface area contributed by atoms with Crippen LogP contribution in [0.4, 0.5) is 0 Å². The van der Waals surface area contributed by atoms with Crippen LogP contribution in [0.25, 0.3) is 0 Å². The summed E-state index contributed by atoms with van der Waals surface area (Å²) in [4.78, 5) is 0. The molecule has 0 saturated heterocycles. The van der Waals surface area contributed by atoms with E-state index in [1.54, 1.807) is 14.2 Å². The Labute approximate surface area is 126 Å². The minimum Gasteiger partial charge on any atom is -0.493 e. The molecule has 0 aliphatic rings. The van der Waals surface area contributed by atoms with Crippen LogP contribution in [0.2, 0.25) is 0 Å². The molecule has 0 radical (unpaired) electrons. The van der Waals surface area contributed by atoms with E-state index in [1.165, 1.54) is 22.3 Å². The molecule has 0 heterocycles. The summed E-state index contributed by atoms with van der Waals surface area (Å²) >= 11 is 0. The Kier molecular flexibility index (Phi) is 5.23. The van der Waals surface area contributed by atoms with Crippen LogP contribution in [0.1, 0.15) is 22.3 Å². The van der Waals surface area contributed by atoms with E-state index in [4.69, 9.17) is 9.47 Å². The van der Waals surface area contributed by atoms with Gasteiger partial charge in [-0.15, -0.1) is 0 Å². The molecule has 0 fully saturated rings. The number of rotatable bonds is 6. The average Bonchev–Trinajstić information content (AvgIpc) is 2.51. The van der Waals surface area contributed by atoms with Crippen LogP contribution in [0, 0.1) is 13.8 Å². The Hall–Kier alpha value is -2.00. The molecule has 0 bridgehead atoms. The first kappa shape index (κ1) is 15.4. The molecule has 2 rings (SSSR count). The Bertz CT molecular complexity index is 608.